The van der Waals surface area contributed by atoms with Crippen LogP contribution in [0.1, 0.15) is 50.0 Å². The van der Waals surface area contributed by atoms with Crippen molar-refractivity contribution in [1.82, 2.24) is 14.5 Å². The molecule has 0 amide bonds. The normalized spacial score (nSPS) is 23.9. The summed E-state index contributed by atoms with van der Waals surface area (Å²) in [7, 11) is 0. The zero-order valence-corrected chi connectivity index (χ0v) is 12.3. The Morgan fingerprint density at radius 2 is 2.16 bits per heavy atom. The van der Waals surface area contributed by atoms with Crippen LogP contribution in [0.4, 0.5) is 0 Å². The fourth-order valence-corrected chi connectivity index (χ4v) is 3.44. The molecule has 2 heterocycles. The molecule has 0 N–H and O–H groups in total. The molecule has 3 rings (SSSR count). The average Bonchev–Trinajstić information content (AvgIpc) is 2.76. The van der Waals surface area contributed by atoms with Crippen LogP contribution in [0.15, 0.2) is 12.3 Å². The minimum absolute atomic E-state index is 0.457. The number of fused-ring (bicyclic) bond motifs is 1. The maximum atomic E-state index is 6.10. The van der Waals surface area contributed by atoms with E-state index in [1.54, 1.807) is 0 Å². The van der Waals surface area contributed by atoms with Crippen LogP contribution in [0, 0.1) is 12.8 Å². The Balaban J connectivity index is 2.14. The number of hydrogen-bond donors (Lipinski definition) is 0. The van der Waals surface area contributed by atoms with Crippen LogP contribution in [0.25, 0.3) is 11.2 Å². The minimum atomic E-state index is 0.457. The summed E-state index contributed by atoms with van der Waals surface area (Å²) in [5, 5.41) is 0. The van der Waals surface area contributed by atoms with Crippen molar-refractivity contribution in [2.75, 3.05) is 0 Å². The van der Waals surface area contributed by atoms with Gasteiger partial charge in [0.05, 0.1) is 5.88 Å². The zero-order valence-electron chi connectivity index (χ0n) is 11.6. The Morgan fingerprint density at radius 3 is 2.89 bits per heavy atom. The molecule has 0 aromatic carbocycles. The quantitative estimate of drug-likeness (QED) is 0.769. The van der Waals surface area contributed by atoms with E-state index in [2.05, 4.69) is 34.4 Å². The predicted molar refractivity (Wildman–Crippen MR) is 78.5 cm³/mol. The molecule has 0 radical (unpaired) electrons. The third kappa shape index (κ3) is 2.25. The van der Waals surface area contributed by atoms with Gasteiger partial charge in [0, 0.05) is 12.2 Å². The highest BCUT2D eigenvalue weighted by Gasteiger charge is 2.27. The summed E-state index contributed by atoms with van der Waals surface area (Å²) in [6.07, 6.45) is 7.06. The van der Waals surface area contributed by atoms with Gasteiger partial charge >= 0.3 is 0 Å². The van der Waals surface area contributed by atoms with E-state index in [1.807, 2.05) is 6.20 Å². The topological polar surface area (TPSA) is 30.7 Å². The summed E-state index contributed by atoms with van der Waals surface area (Å²) in [6.45, 7) is 4.39. The molecule has 2 unspecified atom stereocenters. The molecule has 102 valence electrons. The fourth-order valence-electron chi connectivity index (χ4n) is 3.25. The Morgan fingerprint density at radius 1 is 1.37 bits per heavy atom. The summed E-state index contributed by atoms with van der Waals surface area (Å²) in [4.78, 5) is 9.27. The summed E-state index contributed by atoms with van der Waals surface area (Å²) in [5.41, 5.74) is 3.13. The largest absolute Gasteiger partial charge is 0.308 e. The highest BCUT2D eigenvalue weighted by atomic mass is 35.5. The summed E-state index contributed by atoms with van der Waals surface area (Å²) < 4.78 is 2.30. The van der Waals surface area contributed by atoms with Gasteiger partial charge in [-0.2, -0.15) is 0 Å². The molecule has 0 aliphatic heterocycles. The lowest BCUT2D eigenvalue weighted by Gasteiger charge is -2.31. The molecule has 2 aromatic rings. The fraction of sp³-hybridized carbons (Fsp3) is 0.600. The average molecular weight is 278 g/mol. The van der Waals surface area contributed by atoms with Crippen LogP contribution in [0.2, 0.25) is 0 Å². The van der Waals surface area contributed by atoms with E-state index < -0.39 is 0 Å². The summed E-state index contributed by atoms with van der Waals surface area (Å²) in [6, 6.07) is 2.60. The van der Waals surface area contributed by atoms with Crippen LogP contribution in [0.5, 0.6) is 0 Å². The Labute approximate surface area is 119 Å². The van der Waals surface area contributed by atoms with Crippen molar-refractivity contribution < 1.29 is 0 Å². The van der Waals surface area contributed by atoms with Crippen molar-refractivity contribution >= 4 is 22.8 Å². The highest BCUT2D eigenvalue weighted by Crippen LogP contribution is 2.36. The van der Waals surface area contributed by atoms with E-state index in [0.29, 0.717) is 17.8 Å². The van der Waals surface area contributed by atoms with Gasteiger partial charge in [-0.3, -0.25) is 0 Å². The first kappa shape index (κ1) is 12.9. The third-order valence-corrected chi connectivity index (χ3v) is 4.50. The first-order valence-electron chi connectivity index (χ1n) is 7.10. The number of rotatable bonds is 2. The van der Waals surface area contributed by atoms with Crippen LogP contribution in [-0.2, 0) is 5.88 Å². The highest BCUT2D eigenvalue weighted by molar-refractivity contribution is 6.16. The SMILES string of the molecule is Cc1cnc2c(c1)nc(CCl)n2C1CCCCC1C. The lowest BCUT2D eigenvalue weighted by atomic mass is 9.85. The second-order valence-corrected chi connectivity index (χ2v) is 5.98. The Bertz CT molecular complexity index is 590. The van der Waals surface area contributed by atoms with Gasteiger partial charge in [-0.15, -0.1) is 11.6 Å². The minimum Gasteiger partial charge on any atom is -0.308 e. The molecule has 4 heteroatoms. The number of alkyl halides is 1. The van der Waals surface area contributed by atoms with E-state index in [0.717, 1.165) is 22.6 Å². The maximum Gasteiger partial charge on any atom is 0.160 e. The molecule has 1 fully saturated rings. The number of aryl methyl sites for hydroxylation is 1. The molecule has 0 bridgehead atoms. The van der Waals surface area contributed by atoms with Crippen molar-refractivity contribution in [2.24, 2.45) is 5.92 Å². The molecule has 1 aliphatic carbocycles. The zero-order chi connectivity index (χ0) is 13.4. The van der Waals surface area contributed by atoms with Crippen molar-refractivity contribution in [3.05, 3.63) is 23.7 Å². The molecular formula is C15H20ClN3. The molecule has 3 nitrogen and oxygen atoms in total. The first-order valence-corrected chi connectivity index (χ1v) is 7.63. The molecule has 1 saturated carbocycles. The van der Waals surface area contributed by atoms with Crippen LogP contribution in [0.3, 0.4) is 0 Å². The van der Waals surface area contributed by atoms with Gasteiger partial charge in [0.15, 0.2) is 5.65 Å². The second-order valence-electron chi connectivity index (χ2n) is 5.72. The van der Waals surface area contributed by atoms with Gasteiger partial charge in [-0.1, -0.05) is 19.8 Å². The van der Waals surface area contributed by atoms with Gasteiger partial charge in [0.2, 0.25) is 0 Å². The standard InChI is InChI=1S/C15H20ClN3/c1-10-7-12-15(17-9-10)19(14(8-16)18-12)13-6-4-3-5-11(13)2/h7,9,11,13H,3-6,8H2,1-2H3. The molecule has 2 aromatic heterocycles. The van der Waals surface area contributed by atoms with Crippen LogP contribution >= 0.6 is 11.6 Å². The Kier molecular flexibility index (Phi) is 3.48. The van der Waals surface area contributed by atoms with Gasteiger partial charge in [-0.05, 0) is 37.3 Å². The van der Waals surface area contributed by atoms with Crippen molar-refractivity contribution in [3.8, 4) is 0 Å². The van der Waals surface area contributed by atoms with Gasteiger partial charge in [-0.25, -0.2) is 9.97 Å². The number of imidazole rings is 1. The number of halogens is 1. The number of pyridine rings is 1. The number of aromatic nitrogens is 3. The maximum absolute atomic E-state index is 6.10. The second kappa shape index (κ2) is 5.12. The summed E-state index contributed by atoms with van der Waals surface area (Å²) >= 11 is 6.10. The smallest absolute Gasteiger partial charge is 0.160 e. The number of nitrogens with zero attached hydrogens (tertiary/aromatic N) is 3. The molecule has 1 aliphatic rings. The van der Waals surface area contributed by atoms with Gasteiger partial charge in [0.25, 0.3) is 0 Å². The van der Waals surface area contributed by atoms with Crippen molar-refractivity contribution in [1.29, 1.82) is 0 Å². The molecular weight excluding hydrogens is 258 g/mol. The monoisotopic (exact) mass is 277 g/mol. The van der Waals surface area contributed by atoms with E-state index in [9.17, 15) is 0 Å². The van der Waals surface area contributed by atoms with Gasteiger partial charge < -0.3 is 4.57 Å². The van der Waals surface area contributed by atoms with Crippen molar-refractivity contribution in [2.45, 2.75) is 51.5 Å². The third-order valence-electron chi connectivity index (χ3n) is 4.26. The lowest BCUT2D eigenvalue weighted by molar-refractivity contribution is 0.258. The van der Waals surface area contributed by atoms with E-state index in [1.165, 1.54) is 25.7 Å². The molecule has 2 atom stereocenters. The van der Waals surface area contributed by atoms with Crippen molar-refractivity contribution in [3.63, 3.8) is 0 Å². The first-order chi connectivity index (χ1) is 9.20. The summed E-state index contributed by atoms with van der Waals surface area (Å²) in [5.74, 6) is 2.10. The van der Waals surface area contributed by atoms with E-state index in [-0.39, 0.29) is 0 Å². The molecule has 19 heavy (non-hydrogen) atoms. The predicted octanol–water partition coefficient (Wildman–Crippen LogP) is 4.23. The van der Waals surface area contributed by atoms with Gasteiger partial charge in [0.1, 0.15) is 11.3 Å². The van der Waals surface area contributed by atoms with E-state index in [4.69, 9.17) is 11.6 Å². The number of hydrogen-bond acceptors (Lipinski definition) is 2. The molecule has 0 spiro atoms. The Hall–Kier alpha value is -1.09. The molecule has 0 saturated heterocycles. The van der Waals surface area contributed by atoms with Crippen LogP contribution < -0.4 is 0 Å². The lowest BCUT2D eigenvalue weighted by Crippen LogP contribution is -2.22. The van der Waals surface area contributed by atoms with Crippen LogP contribution in [-0.4, -0.2) is 14.5 Å². The van der Waals surface area contributed by atoms with E-state index >= 15 is 0 Å².